The van der Waals surface area contributed by atoms with Crippen LogP contribution in [0.5, 0.6) is 0 Å². The van der Waals surface area contributed by atoms with Crippen LogP contribution in [0.25, 0.3) is 10.9 Å². The van der Waals surface area contributed by atoms with Gasteiger partial charge in [-0.15, -0.1) is 0 Å². The van der Waals surface area contributed by atoms with Crippen LogP contribution in [0.4, 0.5) is 17.3 Å². The molecule has 0 atom stereocenters. The number of para-hydroxylation sites is 1. The molecule has 0 bridgehead atoms. The van der Waals surface area contributed by atoms with Crippen LogP contribution in [0.15, 0.2) is 42.7 Å². The third-order valence-electron chi connectivity index (χ3n) is 8.54. The van der Waals surface area contributed by atoms with Gasteiger partial charge in [0.25, 0.3) is 0 Å². The smallest absolute Gasteiger partial charge is 0.303 e. The van der Waals surface area contributed by atoms with Gasteiger partial charge in [-0.05, 0) is 82.4 Å². The van der Waals surface area contributed by atoms with E-state index in [1.165, 1.54) is 63.4 Å². The predicted octanol–water partition coefficient (Wildman–Crippen LogP) is 5.74. The maximum absolute atomic E-state index is 10.8. The van der Waals surface area contributed by atoms with Gasteiger partial charge in [-0.3, -0.25) is 4.79 Å². The van der Waals surface area contributed by atoms with Gasteiger partial charge < -0.3 is 36.4 Å². The monoisotopic (exact) mass is 650 g/mol. The summed E-state index contributed by atoms with van der Waals surface area (Å²) in [4.78, 5) is 28.5. The van der Waals surface area contributed by atoms with E-state index in [2.05, 4.69) is 37.2 Å². The fraction of sp³-hybridized carbons (Fsp3) is 0.611. The van der Waals surface area contributed by atoms with Crippen molar-refractivity contribution >= 4 is 34.2 Å². The fourth-order valence-corrected chi connectivity index (χ4v) is 5.86. The normalized spacial score (nSPS) is 12.4. The van der Waals surface area contributed by atoms with Crippen molar-refractivity contribution in [2.75, 3.05) is 75.5 Å². The third kappa shape index (κ3) is 14.8. The zero-order chi connectivity index (χ0) is 33.5. The molecule has 0 unspecified atom stereocenters. The molecule has 0 aliphatic carbocycles. The van der Waals surface area contributed by atoms with Crippen LogP contribution in [-0.4, -0.2) is 90.5 Å². The number of carbonyl (C=O) groups is 1. The summed E-state index contributed by atoms with van der Waals surface area (Å²) in [5.41, 5.74) is 14.4. The number of ether oxygens (including phenoxy) is 1. The SMILES string of the molecule is COCCN(CCCCc1ccc2c(n1)NCCN2CCCCCCCCCCN)CCCC(=O)O.Nc1ncnc2ccccc12. The number of hydrogen-bond acceptors (Lipinski definition) is 10. The molecule has 1 aromatic carbocycles. The number of hydrogen-bond donors (Lipinski definition) is 4. The second-order valence-electron chi connectivity index (χ2n) is 12.3. The first-order valence-corrected chi connectivity index (χ1v) is 17.6. The Morgan fingerprint density at radius 3 is 2.43 bits per heavy atom. The highest BCUT2D eigenvalue weighted by Gasteiger charge is 2.17. The number of fused-ring (bicyclic) bond motifs is 2. The van der Waals surface area contributed by atoms with Gasteiger partial charge in [0.05, 0.1) is 17.8 Å². The lowest BCUT2D eigenvalue weighted by molar-refractivity contribution is -0.137. The van der Waals surface area contributed by atoms with E-state index in [-0.39, 0.29) is 6.42 Å². The van der Waals surface area contributed by atoms with Crippen molar-refractivity contribution in [3.8, 4) is 0 Å². The number of nitrogens with two attached hydrogens (primary N) is 2. The molecule has 260 valence electrons. The largest absolute Gasteiger partial charge is 0.481 e. The number of aryl methyl sites for hydroxylation is 1. The molecule has 3 aromatic rings. The molecule has 4 rings (SSSR count). The quantitative estimate of drug-likeness (QED) is 0.0984. The Morgan fingerprint density at radius 1 is 0.936 bits per heavy atom. The molecule has 0 spiro atoms. The topological polar surface area (TPSA) is 156 Å². The molecule has 11 heteroatoms. The Balaban J connectivity index is 0.000000453. The number of carboxylic acid groups (broad SMARTS) is 1. The van der Waals surface area contributed by atoms with Gasteiger partial charge in [-0.1, -0.05) is 50.7 Å². The summed E-state index contributed by atoms with van der Waals surface area (Å²) < 4.78 is 5.21. The minimum absolute atomic E-state index is 0.224. The van der Waals surface area contributed by atoms with Crippen LogP contribution >= 0.6 is 0 Å². The zero-order valence-corrected chi connectivity index (χ0v) is 28.5. The summed E-state index contributed by atoms with van der Waals surface area (Å²) in [6, 6.07) is 12.1. The molecule has 0 radical (unpaired) electrons. The summed E-state index contributed by atoms with van der Waals surface area (Å²) in [5.74, 6) is 0.849. The number of carboxylic acids is 1. The van der Waals surface area contributed by atoms with Crippen LogP contribution in [0.3, 0.4) is 0 Å². The van der Waals surface area contributed by atoms with E-state index >= 15 is 0 Å². The predicted molar refractivity (Wildman–Crippen MR) is 193 cm³/mol. The minimum atomic E-state index is -0.725. The highest BCUT2D eigenvalue weighted by atomic mass is 16.5. The number of methoxy groups -OCH3 is 1. The second-order valence-corrected chi connectivity index (χ2v) is 12.3. The molecule has 3 heterocycles. The molecule has 0 saturated carbocycles. The van der Waals surface area contributed by atoms with Gasteiger partial charge in [0.15, 0.2) is 0 Å². The van der Waals surface area contributed by atoms with Crippen molar-refractivity contribution in [3.05, 3.63) is 48.4 Å². The summed E-state index contributed by atoms with van der Waals surface area (Å²) in [6.45, 7) is 7.24. The molecular weight excluding hydrogens is 592 g/mol. The molecule has 0 amide bonds. The van der Waals surface area contributed by atoms with Crippen LogP contribution in [0.2, 0.25) is 0 Å². The summed E-state index contributed by atoms with van der Waals surface area (Å²) in [7, 11) is 1.71. The number of aliphatic carboxylic acids is 1. The van der Waals surface area contributed by atoms with Gasteiger partial charge in [-0.2, -0.15) is 0 Å². The van der Waals surface area contributed by atoms with Crippen LogP contribution in [0, 0.1) is 0 Å². The number of rotatable bonds is 22. The van der Waals surface area contributed by atoms with Crippen LogP contribution < -0.4 is 21.7 Å². The zero-order valence-electron chi connectivity index (χ0n) is 28.5. The number of nitrogens with one attached hydrogen (secondary N) is 1. The highest BCUT2D eigenvalue weighted by Crippen LogP contribution is 2.28. The summed E-state index contributed by atoms with van der Waals surface area (Å²) >= 11 is 0. The summed E-state index contributed by atoms with van der Waals surface area (Å²) in [5, 5.41) is 13.3. The first-order valence-electron chi connectivity index (χ1n) is 17.6. The lowest BCUT2D eigenvalue weighted by atomic mass is 10.1. The van der Waals surface area contributed by atoms with E-state index in [0.717, 1.165) is 87.5 Å². The van der Waals surface area contributed by atoms with Crippen LogP contribution in [0.1, 0.15) is 82.7 Å². The second kappa shape index (κ2) is 22.9. The molecule has 47 heavy (non-hydrogen) atoms. The van der Waals surface area contributed by atoms with E-state index in [4.69, 9.17) is 26.3 Å². The lowest BCUT2D eigenvalue weighted by Crippen LogP contribution is -2.35. The number of unbranched alkanes of at least 4 members (excludes halogenated alkanes) is 8. The average molecular weight is 651 g/mol. The number of nitrogens with zero attached hydrogens (tertiary/aromatic N) is 5. The number of pyridine rings is 1. The molecule has 2 aromatic heterocycles. The molecular formula is C36H58N8O3. The molecule has 0 saturated heterocycles. The van der Waals surface area contributed by atoms with E-state index in [1.807, 2.05) is 24.3 Å². The molecule has 6 N–H and O–H groups in total. The molecule has 1 aliphatic heterocycles. The number of aromatic nitrogens is 3. The van der Waals surface area contributed by atoms with Crippen molar-refractivity contribution in [2.24, 2.45) is 5.73 Å². The van der Waals surface area contributed by atoms with Crippen molar-refractivity contribution in [3.63, 3.8) is 0 Å². The van der Waals surface area contributed by atoms with E-state index in [0.29, 0.717) is 18.8 Å². The standard InChI is InChI=1S/C28H51N5O3.C8H7N3/c1-36-24-23-32(20-12-14-27(34)35)19-11-8-13-25-15-16-26-28(31-25)30-18-22-33(26)21-10-7-5-3-2-4-6-9-17-29;9-8-6-3-1-2-4-7(6)10-5-11-8/h15-16H,2-14,17-24,29H2,1H3,(H,30,31)(H,34,35);1-5H,(H2,9,10,11). The summed E-state index contributed by atoms with van der Waals surface area (Å²) in [6.07, 6.45) is 15.8. The number of nitrogen functional groups attached to an aromatic ring is 1. The molecule has 0 fully saturated rings. The Hall–Kier alpha value is -3.54. The van der Waals surface area contributed by atoms with Crippen molar-refractivity contribution in [1.82, 2.24) is 19.9 Å². The average Bonchev–Trinajstić information content (AvgIpc) is 3.08. The Morgan fingerprint density at radius 2 is 1.68 bits per heavy atom. The Kier molecular flexibility index (Phi) is 18.5. The Bertz CT molecular complexity index is 1290. The maximum Gasteiger partial charge on any atom is 0.303 e. The number of benzene rings is 1. The van der Waals surface area contributed by atoms with Crippen molar-refractivity contribution < 1.29 is 14.6 Å². The Labute approximate surface area is 281 Å². The van der Waals surface area contributed by atoms with E-state index < -0.39 is 5.97 Å². The minimum Gasteiger partial charge on any atom is -0.481 e. The van der Waals surface area contributed by atoms with E-state index in [1.54, 1.807) is 7.11 Å². The van der Waals surface area contributed by atoms with Gasteiger partial charge in [0.1, 0.15) is 18.0 Å². The van der Waals surface area contributed by atoms with Crippen molar-refractivity contribution in [1.29, 1.82) is 0 Å². The van der Waals surface area contributed by atoms with E-state index in [9.17, 15) is 4.79 Å². The number of anilines is 3. The maximum atomic E-state index is 10.8. The van der Waals surface area contributed by atoms with Gasteiger partial charge >= 0.3 is 5.97 Å². The van der Waals surface area contributed by atoms with Crippen molar-refractivity contribution in [2.45, 2.75) is 83.5 Å². The molecule has 1 aliphatic rings. The van der Waals surface area contributed by atoms with Gasteiger partial charge in [0.2, 0.25) is 0 Å². The fourth-order valence-electron chi connectivity index (χ4n) is 5.86. The first-order chi connectivity index (χ1) is 23.0. The third-order valence-corrected chi connectivity index (χ3v) is 8.54. The highest BCUT2D eigenvalue weighted by molar-refractivity contribution is 5.87. The molecule has 11 nitrogen and oxygen atoms in total. The van der Waals surface area contributed by atoms with Crippen LogP contribution in [-0.2, 0) is 16.0 Å². The van der Waals surface area contributed by atoms with Gasteiger partial charge in [0, 0.05) is 50.8 Å². The van der Waals surface area contributed by atoms with Gasteiger partial charge in [-0.25, -0.2) is 15.0 Å². The first kappa shape index (κ1) is 37.9. The lowest BCUT2D eigenvalue weighted by Gasteiger charge is -2.31.